The molecule has 0 saturated heterocycles. The van der Waals surface area contributed by atoms with Crippen LogP contribution in [0.25, 0.3) is 0 Å². The van der Waals surface area contributed by atoms with Gasteiger partial charge in [-0.1, -0.05) is 18.6 Å². The molecule has 0 saturated carbocycles. The molecule has 138 valence electrons. The van der Waals surface area contributed by atoms with Gasteiger partial charge in [-0.15, -0.1) is 0 Å². The van der Waals surface area contributed by atoms with Crippen molar-refractivity contribution in [3.63, 3.8) is 0 Å². The predicted molar refractivity (Wildman–Crippen MR) is 89.4 cm³/mol. The fourth-order valence-electron chi connectivity index (χ4n) is 1.89. The molecule has 1 N–H and O–H groups in total. The molecule has 0 fully saturated rings. The van der Waals surface area contributed by atoms with E-state index in [9.17, 15) is 14.4 Å². The molecular weight excluding hydrogens is 314 g/mol. The van der Waals surface area contributed by atoms with Crippen molar-refractivity contribution in [2.24, 2.45) is 5.92 Å². The van der Waals surface area contributed by atoms with Gasteiger partial charge in [-0.2, -0.15) is 0 Å². The summed E-state index contributed by atoms with van der Waals surface area (Å²) in [5.41, 5.74) is 1.29. The molecule has 0 bridgehead atoms. The average molecular weight is 343 g/mol. The zero-order valence-corrected chi connectivity index (χ0v) is 15.2. The van der Waals surface area contributed by atoms with Crippen molar-refractivity contribution in [1.29, 1.82) is 0 Å². The summed E-state index contributed by atoms with van der Waals surface area (Å²) in [6.45, 7) is 7.39. The Hall–Kier alpha value is -2.05. The molecule has 7 heteroatoms. The summed E-state index contributed by atoms with van der Waals surface area (Å²) in [7, 11) is 1.19. The van der Waals surface area contributed by atoms with Crippen LogP contribution in [0.1, 0.15) is 47.0 Å². The minimum absolute atomic E-state index is 0.248. The van der Waals surface area contributed by atoms with Crippen molar-refractivity contribution >= 4 is 18.0 Å². The third-order valence-electron chi connectivity index (χ3n) is 3.27. The zero-order chi connectivity index (χ0) is 18.5. The van der Waals surface area contributed by atoms with E-state index in [0.29, 0.717) is 5.92 Å². The minimum atomic E-state index is -1.04. The number of carbonyl (C=O) groups is 3. The normalized spacial score (nSPS) is 12.5. The molecule has 1 amide bonds. The first-order chi connectivity index (χ1) is 11.3. The Morgan fingerprint density at radius 3 is 2.29 bits per heavy atom. The highest BCUT2D eigenvalue weighted by atomic mass is 16.7. The van der Waals surface area contributed by atoms with Crippen LogP contribution in [0.2, 0.25) is 0 Å². The Kier molecular flexibility index (Phi) is 11.3. The van der Waals surface area contributed by atoms with Gasteiger partial charge in [0.1, 0.15) is 6.61 Å². The number of methoxy groups -OCH3 is 1. The summed E-state index contributed by atoms with van der Waals surface area (Å²) in [6, 6.07) is -1.04. The van der Waals surface area contributed by atoms with Crippen molar-refractivity contribution in [2.45, 2.75) is 53.0 Å². The van der Waals surface area contributed by atoms with Crippen molar-refractivity contribution in [3.8, 4) is 0 Å². The zero-order valence-electron chi connectivity index (χ0n) is 15.2. The maximum absolute atomic E-state index is 11.5. The summed E-state index contributed by atoms with van der Waals surface area (Å²) < 4.78 is 14.3. The van der Waals surface area contributed by atoms with Gasteiger partial charge in [0.05, 0.1) is 13.7 Å². The van der Waals surface area contributed by atoms with Gasteiger partial charge in [0.15, 0.2) is 6.04 Å². The lowest BCUT2D eigenvalue weighted by atomic mass is 10.0. The quantitative estimate of drug-likeness (QED) is 0.484. The van der Waals surface area contributed by atoms with Crippen LogP contribution in [-0.4, -0.2) is 44.4 Å². The third-order valence-corrected chi connectivity index (χ3v) is 3.27. The molecular formula is C17H29NO6. The summed E-state index contributed by atoms with van der Waals surface area (Å²) in [6.07, 6.45) is 4.08. The van der Waals surface area contributed by atoms with Gasteiger partial charge in [-0.3, -0.25) is 4.79 Å². The molecule has 0 aromatic heterocycles. The molecule has 24 heavy (non-hydrogen) atoms. The van der Waals surface area contributed by atoms with Gasteiger partial charge in [-0.25, -0.2) is 9.59 Å². The van der Waals surface area contributed by atoms with Gasteiger partial charge in [-0.05, 0) is 39.0 Å². The van der Waals surface area contributed by atoms with Crippen LogP contribution in [0.15, 0.2) is 11.6 Å². The summed E-state index contributed by atoms with van der Waals surface area (Å²) in [4.78, 5) is 33.9. The highest BCUT2D eigenvalue weighted by Gasteiger charge is 2.22. The molecule has 0 rings (SSSR count). The van der Waals surface area contributed by atoms with Gasteiger partial charge in [0.2, 0.25) is 5.91 Å². The molecule has 0 radical (unpaired) electrons. The monoisotopic (exact) mass is 343 g/mol. The maximum Gasteiger partial charge on any atom is 0.508 e. The highest BCUT2D eigenvalue weighted by molar-refractivity contribution is 5.83. The molecule has 0 spiro atoms. The number of ether oxygens (including phenoxy) is 3. The van der Waals surface area contributed by atoms with Crippen LogP contribution in [0, 0.1) is 5.92 Å². The Balaban J connectivity index is 4.01. The number of nitrogens with one attached hydrogen (secondary N) is 1. The number of allylic oxidation sites excluding steroid dienone is 2. The number of hydrogen-bond acceptors (Lipinski definition) is 6. The standard InChI is InChI=1S/C17H29NO6/c1-12(2)7-6-8-13(3)9-10-23-17(21)24-11-15(16(20)22-5)18-14(4)19/h7,13,15H,6,8-11H2,1-5H3,(H,18,19). The minimum Gasteiger partial charge on any atom is -0.467 e. The Bertz CT molecular complexity index is 442. The molecule has 0 aromatic carbocycles. The molecule has 0 aliphatic heterocycles. The number of esters is 1. The highest BCUT2D eigenvalue weighted by Crippen LogP contribution is 2.12. The largest absolute Gasteiger partial charge is 0.508 e. The van der Waals surface area contributed by atoms with Gasteiger partial charge >= 0.3 is 12.1 Å². The van der Waals surface area contributed by atoms with Gasteiger partial charge in [0.25, 0.3) is 0 Å². The van der Waals surface area contributed by atoms with Crippen LogP contribution < -0.4 is 5.32 Å². The van der Waals surface area contributed by atoms with Gasteiger partial charge in [0, 0.05) is 6.92 Å². The van der Waals surface area contributed by atoms with Crippen LogP contribution in [0.4, 0.5) is 4.79 Å². The second kappa shape index (κ2) is 12.4. The first-order valence-corrected chi connectivity index (χ1v) is 8.04. The second-order valence-electron chi connectivity index (χ2n) is 5.94. The van der Waals surface area contributed by atoms with E-state index < -0.39 is 24.1 Å². The van der Waals surface area contributed by atoms with E-state index >= 15 is 0 Å². The lowest BCUT2D eigenvalue weighted by molar-refractivity contribution is -0.146. The Labute approximate surface area is 143 Å². The summed E-state index contributed by atoms with van der Waals surface area (Å²) in [5, 5.41) is 2.34. The lowest BCUT2D eigenvalue weighted by Crippen LogP contribution is -2.44. The lowest BCUT2D eigenvalue weighted by Gasteiger charge is -2.15. The number of rotatable bonds is 10. The second-order valence-corrected chi connectivity index (χ2v) is 5.94. The molecule has 0 aromatic rings. The maximum atomic E-state index is 11.5. The van der Waals surface area contributed by atoms with Crippen molar-refractivity contribution in [3.05, 3.63) is 11.6 Å². The average Bonchev–Trinajstić information content (AvgIpc) is 2.49. The van der Waals surface area contributed by atoms with Gasteiger partial charge < -0.3 is 19.5 Å². The molecule has 7 nitrogen and oxygen atoms in total. The number of amides is 1. The van der Waals surface area contributed by atoms with E-state index in [1.807, 2.05) is 0 Å². The fourth-order valence-corrected chi connectivity index (χ4v) is 1.89. The smallest absolute Gasteiger partial charge is 0.467 e. The molecule has 0 heterocycles. The topological polar surface area (TPSA) is 90.9 Å². The van der Waals surface area contributed by atoms with Crippen molar-refractivity contribution < 1.29 is 28.6 Å². The molecule has 0 aliphatic rings. The van der Waals surface area contributed by atoms with Crippen molar-refractivity contribution in [2.75, 3.05) is 20.3 Å². The van der Waals surface area contributed by atoms with Crippen LogP contribution in [0.5, 0.6) is 0 Å². The van der Waals surface area contributed by atoms with E-state index in [1.165, 1.54) is 19.6 Å². The number of hydrogen-bond donors (Lipinski definition) is 1. The number of carbonyl (C=O) groups excluding carboxylic acids is 3. The van der Waals surface area contributed by atoms with Crippen LogP contribution >= 0.6 is 0 Å². The van der Waals surface area contributed by atoms with Crippen LogP contribution in [0.3, 0.4) is 0 Å². The summed E-state index contributed by atoms with van der Waals surface area (Å²) in [5.74, 6) is -0.686. The van der Waals surface area contributed by atoms with E-state index in [-0.39, 0.29) is 13.2 Å². The van der Waals surface area contributed by atoms with E-state index in [2.05, 4.69) is 36.9 Å². The van der Waals surface area contributed by atoms with E-state index in [1.54, 1.807) is 0 Å². The Morgan fingerprint density at radius 1 is 1.08 bits per heavy atom. The first-order valence-electron chi connectivity index (χ1n) is 8.04. The molecule has 2 unspecified atom stereocenters. The first kappa shape index (κ1) is 21.9. The molecule has 0 aliphatic carbocycles. The SMILES string of the molecule is COC(=O)C(COC(=O)OCCC(C)CCC=C(C)C)NC(C)=O. The summed E-state index contributed by atoms with van der Waals surface area (Å²) >= 11 is 0. The van der Waals surface area contributed by atoms with E-state index in [4.69, 9.17) is 9.47 Å². The fraction of sp³-hybridized carbons (Fsp3) is 0.706. The van der Waals surface area contributed by atoms with Crippen LogP contribution in [-0.2, 0) is 23.8 Å². The Morgan fingerprint density at radius 2 is 1.75 bits per heavy atom. The third kappa shape index (κ3) is 11.5. The predicted octanol–water partition coefficient (Wildman–Crippen LogP) is 2.59. The molecule has 2 atom stereocenters. The van der Waals surface area contributed by atoms with Crippen molar-refractivity contribution in [1.82, 2.24) is 5.32 Å². The van der Waals surface area contributed by atoms with E-state index in [0.717, 1.165) is 19.3 Å².